The maximum absolute atomic E-state index is 12.7. The van der Waals surface area contributed by atoms with Crippen LogP contribution in [0.4, 0.5) is 22.0 Å². The van der Waals surface area contributed by atoms with Crippen molar-refractivity contribution in [3.8, 4) is 5.75 Å². The SMILES string of the molecule is NCc1nc(S(N)(=O)=O)c(C(F)F)cc1OC(F)(F)F. The summed E-state index contributed by atoms with van der Waals surface area (Å²) in [6.45, 7) is -0.669. The molecule has 0 aliphatic carbocycles. The van der Waals surface area contributed by atoms with Gasteiger partial charge in [-0.15, -0.1) is 13.2 Å². The number of primary sulfonamides is 1. The Balaban J connectivity index is 3.54. The van der Waals surface area contributed by atoms with Crippen molar-refractivity contribution in [1.29, 1.82) is 0 Å². The van der Waals surface area contributed by atoms with Gasteiger partial charge >= 0.3 is 6.36 Å². The van der Waals surface area contributed by atoms with Gasteiger partial charge in [0.05, 0.1) is 11.3 Å². The first kappa shape index (κ1) is 16.5. The molecule has 1 aromatic heterocycles. The Hall–Kier alpha value is -1.53. The van der Waals surface area contributed by atoms with Crippen molar-refractivity contribution in [2.24, 2.45) is 10.9 Å². The van der Waals surface area contributed by atoms with Crippen LogP contribution in [-0.2, 0) is 16.6 Å². The molecule has 0 amide bonds. The number of hydrogen-bond acceptors (Lipinski definition) is 5. The molecule has 4 N–H and O–H groups in total. The van der Waals surface area contributed by atoms with Crippen molar-refractivity contribution >= 4 is 10.0 Å². The number of sulfonamides is 1. The Morgan fingerprint density at radius 3 is 2.25 bits per heavy atom. The minimum absolute atomic E-state index is 0.201. The molecule has 0 radical (unpaired) electrons. The minimum atomic E-state index is -5.17. The average Bonchev–Trinajstić information content (AvgIpc) is 2.24. The first-order valence-electron chi connectivity index (χ1n) is 4.76. The fourth-order valence-corrected chi connectivity index (χ4v) is 1.99. The van der Waals surface area contributed by atoms with Gasteiger partial charge in [0.25, 0.3) is 16.4 Å². The number of alkyl halides is 5. The van der Waals surface area contributed by atoms with Crippen molar-refractivity contribution in [3.05, 3.63) is 17.3 Å². The summed E-state index contributed by atoms with van der Waals surface area (Å²) in [6.07, 6.45) is -8.59. The quantitative estimate of drug-likeness (QED) is 0.805. The van der Waals surface area contributed by atoms with Gasteiger partial charge in [-0.2, -0.15) is 0 Å². The molecule has 1 aromatic rings. The van der Waals surface area contributed by atoms with Gasteiger partial charge in [0.15, 0.2) is 10.8 Å². The van der Waals surface area contributed by atoms with E-state index in [9.17, 15) is 30.4 Å². The van der Waals surface area contributed by atoms with Crippen LogP contribution in [0.1, 0.15) is 17.7 Å². The van der Waals surface area contributed by atoms with Gasteiger partial charge in [-0.05, 0) is 6.07 Å². The lowest BCUT2D eigenvalue weighted by Crippen LogP contribution is -2.22. The summed E-state index contributed by atoms with van der Waals surface area (Å²) in [5.41, 5.74) is 3.10. The molecule has 0 bridgehead atoms. The van der Waals surface area contributed by atoms with Crippen LogP contribution in [0.5, 0.6) is 5.75 Å². The zero-order valence-electron chi connectivity index (χ0n) is 9.49. The van der Waals surface area contributed by atoms with E-state index in [0.29, 0.717) is 0 Å². The third-order valence-corrected chi connectivity index (χ3v) is 2.84. The van der Waals surface area contributed by atoms with Gasteiger partial charge in [0.2, 0.25) is 0 Å². The maximum Gasteiger partial charge on any atom is 0.573 e. The summed E-state index contributed by atoms with van der Waals surface area (Å²) < 4.78 is 87.3. The number of ether oxygens (including phenoxy) is 1. The molecule has 0 atom stereocenters. The Morgan fingerprint density at radius 1 is 1.35 bits per heavy atom. The number of hydrogen-bond donors (Lipinski definition) is 2. The summed E-state index contributed by atoms with van der Waals surface area (Å²) in [5.74, 6) is -1.11. The third kappa shape index (κ3) is 3.98. The van der Waals surface area contributed by atoms with Crippen LogP contribution in [0, 0.1) is 0 Å². The van der Waals surface area contributed by atoms with Crippen LogP contribution in [0.15, 0.2) is 11.1 Å². The highest BCUT2D eigenvalue weighted by molar-refractivity contribution is 7.89. The zero-order chi connectivity index (χ0) is 15.7. The molecule has 0 spiro atoms. The molecular formula is C8H8F5N3O3S. The predicted octanol–water partition coefficient (Wildman–Crippen LogP) is 1.02. The van der Waals surface area contributed by atoms with Crippen LogP contribution in [0.25, 0.3) is 0 Å². The topological polar surface area (TPSA) is 108 Å². The molecule has 114 valence electrons. The van der Waals surface area contributed by atoms with E-state index in [4.69, 9.17) is 5.73 Å². The van der Waals surface area contributed by atoms with E-state index >= 15 is 0 Å². The van der Waals surface area contributed by atoms with Crippen LogP contribution in [-0.4, -0.2) is 19.8 Å². The maximum atomic E-state index is 12.7. The first-order valence-corrected chi connectivity index (χ1v) is 6.31. The summed E-state index contributed by atoms with van der Waals surface area (Å²) in [6, 6.07) is 0.201. The van der Waals surface area contributed by atoms with Gasteiger partial charge in [-0.3, -0.25) is 0 Å². The number of nitrogens with two attached hydrogens (primary N) is 2. The minimum Gasteiger partial charge on any atom is -0.404 e. The normalized spacial score (nSPS) is 12.8. The molecule has 20 heavy (non-hydrogen) atoms. The smallest absolute Gasteiger partial charge is 0.404 e. The number of aromatic nitrogens is 1. The van der Waals surface area contributed by atoms with E-state index < -0.39 is 51.4 Å². The standard InChI is InChI=1S/C8H8F5N3O3S/c9-6(10)3-1-5(19-8(11,12)13)4(2-14)16-7(3)20(15,17)18/h1,6H,2,14H2,(H2,15,17,18). The molecule has 0 saturated carbocycles. The second kappa shape index (κ2) is 5.46. The Labute approximate surface area is 109 Å². The molecule has 0 aliphatic heterocycles. The van der Waals surface area contributed by atoms with Crippen LogP contribution in [0.3, 0.4) is 0 Å². The second-order valence-electron chi connectivity index (χ2n) is 3.43. The number of rotatable bonds is 4. The highest BCUT2D eigenvalue weighted by Gasteiger charge is 2.34. The predicted molar refractivity (Wildman–Crippen MR) is 55.1 cm³/mol. The van der Waals surface area contributed by atoms with Gasteiger partial charge in [-0.25, -0.2) is 27.3 Å². The van der Waals surface area contributed by atoms with Gasteiger partial charge in [-0.1, -0.05) is 0 Å². The fourth-order valence-electron chi connectivity index (χ4n) is 1.27. The highest BCUT2D eigenvalue weighted by atomic mass is 32.2. The molecule has 1 heterocycles. The Kier molecular flexibility index (Phi) is 4.51. The van der Waals surface area contributed by atoms with Crippen LogP contribution in [0.2, 0.25) is 0 Å². The molecule has 0 fully saturated rings. The van der Waals surface area contributed by atoms with Gasteiger partial charge in [0, 0.05) is 6.54 Å². The summed E-state index contributed by atoms with van der Waals surface area (Å²) in [7, 11) is -4.66. The molecule has 12 heteroatoms. The monoisotopic (exact) mass is 321 g/mol. The molecule has 0 unspecified atom stereocenters. The lowest BCUT2D eigenvalue weighted by molar-refractivity contribution is -0.275. The number of nitrogens with zero attached hydrogens (tertiary/aromatic N) is 1. The number of pyridine rings is 1. The van der Waals surface area contributed by atoms with E-state index in [2.05, 4.69) is 14.9 Å². The van der Waals surface area contributed by atoms with Gasteiger partial charge in [0.1, 0.15) is 0 Å². The molecule has 0 aliphatic rings. The van der Waals surface area contributed by atoms with Crippen LogP contribution >= 0.6 is 0 Å². The molecule has 6 nitrogen and oxygen atoms in total. The van der Waals surface area contributed by atoms with E-state index in [1.54, 1.807) is 0 Å². The van der Waals surface area contributed by atoms with E-state index in [0.717, 1.165) is 0 Å². The molecular weight excluding hydrogens is 313 g/mol. The largest absolute Gasteiger partial charge is 0.573 e. The van der Waals surface area contributed by atoms with Crippen molar-refractivity contribution in [2.75, 3.05) is 0 Å². The first-order chi connectivity index (χ1) is 8.95. The summed E-state index contributed by atoms with van der Waals surface area (Å²) >= 11 is 0. The Bertz CT molecular complexity index is 602. The van der Waals surface area contributed by atoms with Gasteiger partial charge < -0.3 is 10.5 Å². The molecule has 0 saturated heterocycles. The summed E-state index contributed by atoms with van der Waals surface area (Å²) in [5, 5.41) is 3.42. The van der Waals surface area contributed by atoms with E-state index in [-0.39, 0.29) is 6.07 Å². The third-order valence-electron chi connectivity index (χ3n) is 1.98. The summed E-state index contributed by atoms with van der Waals surface area (Å²) in [4.78, 5) is 3.12. The zero-order valence-corrected chi connectivity index (χ0v) is 10.3. The second-order valence-corrected chi connectivity index (χ2v) is 4.90. The lowest BCUT2D eigenvalue weighted by atomic mass is 10.2. The van der Waals surface area contributed by atoms with E-state index in [1.165, 1.54) is 0 Å². The average molecular weight is 321 g/mol. The van der Waals surface area contributed by atoms with Crippen LogP contribution < -0.4 is 15.6 Å². The number of halogens is 5. The Morgan fingerprint density at radius 2 is 1.90 bits per heavy atom. The van der Waals surface area contributed by atoms with Crippen molar-refractivity contribution < 1.29 is 35.1 Å². The fraction of sp³-hybridized carbons (Fsp3) is 0.375. The van der Waals surface area contributed by atoms with Crippen molar-refractivity contribution in [2.45, 2.75) is 24.4 Å². The van der Waals surface area contributed by atoms with Crippen molar-refractivity contribution in [3.63, 3.8) is 0 Å². The molecule has 0 aromatic carbocycles. The molecule has 1 rings (SSSR count). The van der Waals surface area contributed by atoms with E-state index in [1.807, 2.05) is 0 Å². The lowest BCUT2D eigenvalue weighted by Gasteiger charge is -2.15. The highest BCUT2D eigenvalue weighted by Crippen LogP contribution is 2.32. The van der Waals surface area contributed by atoms with Crippen molar-refractivity contribution in [1.82, 2.24) is 4.98 Å².